The first kappa shape index (κ1) is 16.6. The highest BCUT2D eigenvalue weighted by molar-refractivity contribution is 5.50. The quantitative estimate of drug-likeness (QED) is 0.722. The van der Waals surface area contributed by atoms with Gasteiger partial charge in [0.25, 0.3) is 0 Å². The maximum atomic E-state index is 10.2. The maximum absolute atomic E-state index is 10.2. The van der Waals surface area contributed by atoms with E-state index in [2.05, 4.69) is 0 Å². The number of hydrogen-bond donors (Lipinski definition) is 3. The van der Waals surface area contributed by atoms with E-state index in [9.17, 15) is 10.2 Å². The third kappa shape index (κ3) is 3.81. The second-order valence-corrected chi connectivity index (χ2v) is 7.12. The number of nitrogens with two attached hydrogens (primary N) is 1. The molecule has 4 N–H and O–H groups in total. The predicted molar refractivity (Wildman–Crippen MR) is 90.6 cm³/mol. The van der Waals surface area contributed by atoms with Crippen molar-refractivity contribution in [1.29, 1.82) is 0 Å². The number of phenols is 2. The average Bonchev–Trinajstić information content (AvgIpc) is 2.59. The van der Waals surface area contributed by atoms with Crippen molar-refractivity contribution < 1.29 is 14.9 Å². The van der Waals surface area contributed by atoms with Crippen LogP contribution in [0.1, 0.15) is 68.6 Å². The molecule has 4 nitrogen and oxygen atoms in total. The molecular formula is C19H29NO3. The standard InChI is InChI=1S/C19H29NO3/c20-12-18-15-9-10-17(21)19(22)16(15)11-14(23-18)8-4-7-13-5-2-1-3-6-13/h9-10,13-14,18,21-22H,1-8,11-12,20H2. The molecule has 1 saturated carbocycles. The van der Waals surface area contributed by atoms with Crippen LogP contribution in [-0.4, -0.2) is 22.9 Å². The van der Waals surface area contributed by atoms with Crippen LogP contribution in [0.4, 0.5) is 0 Å². The first-order valence-corrected chi connectivity index (χ1v) is 9.08. The largest absolute Gasteiger partial charge is 0.504 e. The Kier molecular flexibility index (Phi) is 5.44. The molecule has 0 amide bonds. The number of rotatable bonds is 5. The van der Waals surface area contributed by atoms with Crippen molar-refractivity contribution in [2.75, 3.05) is 6.54 Å². The van der Waals surface area contributed by atoms with Crippen LogP contribution in [0.25, 0.3) is 0 Å². The molecule has 1 fully saturated rings. The van der Waals surface area contributed by atoms with Crippen LogP contribution in [0.15, 0.2) is 12.1 Å². The highest BCUT2D eigenvalue weighted by atomic mass is 16.5. The highest BCUT2D eigenvalue weighted by Gasteiger charge is 2.29. The molecule has 2 unspecified atom stereocenters. The van der Waals surface area contributed by atoms with Gasteiger partial charge in [-0.05, 0) is 24.0 Å². The van der Waals surface area contributed by atoms with Crippen molar-refractivity contribution in [3.05, 3.63) is 23.3 Å². The van der Waals surface area contributed by atoms with E-state index in [-0.39, 0.29) is 23.7 Å². The molecule has 1 aromatic carbocycles. The minimum absolute atomic E-state index is 0.00142. The molecule has 1 aromatic rings. The number of benzene rings is 1. The maximum Gasteiger partial charge on any atom is 0.161 e. The summed E-state index contributed by atoms with van der Waals surface area (Å²) in [6.07, 6.45) is 11.0. The number of aromatic hydroxyl groups is 2. The van der Waals surface area contributed by atoms with Crippen molar-refractivity contribution in [2.45, 2.75) is 70.0 Å². The number of phenolic OH excluding ortho intramolecular Hbond substituents is 2. The summed E-state index contributed by atoms with van der Waals surface area (Å²) in [5, 5.41) is 19.9. The van der Waals surface area contributed by atoms with Crippen LogP contribution in [0.3, 0.4) is 0 Å². The van der Waals surface area contributed by atoms with Gasteiger partial charge in [0.05, 0.1) is 12.2 Å². The molecule has 2 atom stereocenters. The summed E-state index contributed by atoms with van der Waals surface area (Å²) >= 11 is 0. The third-order valence-corrected chi connectivity index (χ3v) is 5.51. The van der Waals surface area contributed by atoms with E-state index < -0.39 is 0 Å². The lowest BCUT2D eigenvalue weighted by molar-refractivity contribution is -0.0269. The summed E-state index contributed by atoms with van der Waals surface area (Å²) in [7, 11) is 0. The van der Waals surface area contributed by atoms with Gasteiger partial charge in [-0.15, -0.1) is 0 Å². The minimum Gasteiger partial charge on any atom is -0.504 e. The molecule has 1 aliphatic heterocycles. The molecule has 2 aliphatic rings. The molecule has 1 aliphatic carbocycles. The van der Waals surface area contributed by atoms with Crippen molar-refractivity contribution in [2.24, 2.45) is 11.7 Å². The fraction of sp³-hybridized carbons (Fsp3) is 0.684. The van der Waals surface area contributed by atoms with E-state index in [1.165, 1.54) is 51.0 Å². The van der Waals surface area contributed by atoms with E-state index in [4.69, 9.17) is 10.5 Å². The summed E-state index contributed by atoms with van der Waals surface area (Å²) in [4.78, 5) is 0. The first-order valence-electron chi connectivity index (χ1n) is 9.08. The zero-order valence-electron chi connectivity index (χ0n) is 13.8. The topological polar surface area (TPSA) is 75.7 Å². The number of hydrogen-bond acceptors (Lipinski definition) is 4. The number of ether oxygens (including phenoxy) is 1. The Morgan fingerprint density at radius 2 is 1.87 bits per heavy atom. The van der Waals surface area contributed by atoms with E-state index in [1.807, 2.05) is 6.07 Å². The molecule has 4 heteroatoms. The number of fused-ring (bicyclic) bond motifs is 1. The van der Waals surface area contributed by atoms with Crippen LogP contribution in [0.5, 0.6) is 11.5 Å². The van der Waals surface area contributed by atoms with Gasteiger partial charge in [0, 0.05) is 18.5 Å². The first-order chi connectivity index (χ1) is 11.2. The summed E-state index contributed by atoms with van der Waals surface area (Å²) in [5.74, 6) is 0.839. The van der Waals surface area contributed by atoms with Gasteiger partial charge in [0.15, 0.2) is 11.5 Å². The Morgan fingerprint density at radius 1 is 1.09 bits per heavy atom. The van der Waals surface area contributed by atoms with Crippen LogP contribution in [0, 0.1) is 5.92 Å². The molecule has 0 spiro atoms. The van der Waals surface area contributed by atoms with Crippen LogP contribution in [0.2, 0.25) is 0 Å². The van der Waals surface area contributed by atoms with Crippen LogP contribution >= 0.6 is 0 Å². The Balaban J connectivity index is 1.60. The average molecular weight is 319 g/mol. The fourth-order valence-corrected chi connectivity index (χ4v) is 4.20. The van der Waals surface area contributed by atoms with Crippen molar-refractivity contribution in [1.82, 2.24) is 0 Å². The Bertz CT molecular complexity index is 526. The van der Waals surface area contributed by atoms with Gasteiger partial charge in [0.1, 0.15) is 0 Å². The van der Waals surface area contributed by atoms with Gasteiger partial charge in [-0.2, -0.15) is 0 Å². The second kappa shape index (κ2) is 7.54. The van der Waals surface area contributed by atoms with Gasteiger partial charge in [-0.1, -0.05) is 51.0 Å². The van der Waals surface area contributed by atoms with E-state index in [0.717, 1.165) is 23.5 Å². The minimum atomic E-state index is -0.176. The normalized spacial score (nSPS) is 25.3. The van der Waals surface area contributed by atoms with Gasteiger partial charge < -0.3 is 20.7 Å². The van der Waals surface area contributed by atoms with Crippen LogP contribution in [-0.2, 0) is 11.2 Å². The lowest BCUT2D eigenvalue weighted by Gasteiger charge is -2.32. The molecule has 0 bridgehead atoms. The summed E-state index contributed by atoms with van der Waals surface area (Å²) in [6.45, 7) is 0.399. The summed E-state index contributed by atoms with van der Waals surface area (Å²) in [6, 6.07) is 3.34. The monoisotopic (exact) mass is 319 g/mol. The Labute approximate surface area is 138 Å². The van der Waals surface area contributed by atoms with Gasteiger partial charge >= 0.3 is 0 Å². The molecule has 3 rings (SSSR count). The van der Waals surface area contributed by atoms with Gasteiger partial charge in [-0.3, -0.25) is 0 Å². The van der Waals surface area contributed by atoms with Gasteiger partial charge in [-0.25, -0.2) is 0 Å². The second-order valence-electron chi connectivity index (χ2n) is 7.12. The Morgan fingerprint density at radius 3 is 2.61 bits per heavy atom. The van der Waals surface area contributed by atoms with Crippen LogP contribution < -0.4 is 5.73 Å². The van der Waals surface area contributed by atoms with Gasteiger partial charge in [0.2, 0.25) is 0 Å². The summed E-state index contributed by atoms with van der Waals surface area (Å²) in [5.41, 5.74) is 7.58. The third-order valence-electron chi connectivity index (χ3n) is 5.51. The van der Waals surface area contributed by atoms with Crippen molar-refractivity contribution in [3.8, 4) is 11.5 Å². The molecule has 0 saturated heterocycles. The highest BCUT2D eigenvalue weighted by Crippen LogP contribution is 2.40. The zero-order valence-corrected chi connectivity index (χ0v) is 13.8. The zero-order chi connectivity index (χ0) is 16.2. The smallest absolute Gasteiger partial charge is 0.161 e. The fourth-order valence-electron chi connectivity index (χ4n) is 4.20. The van der Waals surface area contributed by atoms with E-state index in [1.54, 1.807) is 0 Å². The SMILES string of the molecule is NCC1OC(CCCC2CCCCC2)Cc2c1ccc(O)c2O. The van der Waals surface area contributed by atoms with Crippen molar-refractivity contribution >= 4 is 0 Å². The molecule has 0 aromatic heterocycles. The molecule has 0 radical (unpaired) electrons. The van der Waals surface area contributed by atoms with E-state index in [0.29, 0.717) is 13.0 Å². The molecule has 23 heavy (non-hydrogen) atoms. The molecule has 1 heterocycles. The van der Waals surface area contributed by atoms with E-state index >= 15 is 0 Å². The van der Waals surface area contributed by atoms with Crippen molar-refractivity contribution in [3.63, 3.8) is 0 Å². The molecular weight excluding hydrogens is 290 g/mol. The lowest BCUT2D eigenvalue weighted by atomic mass is 9.84. The Hall–Kier alpha value is -1.26. The summed E-state index contributed by atoms with van der Waals surface area (Å²) < 4.78 is 6.13. The molecule has 128 valence electrons. The predicted octanol–water partition coefficient (Wildman–Crippen LogP) is 3.79. The lowest BCUT2D eigenvalue weighted by Crippen LogP contribution is -2.30.